The maximum absolute atomic E-state index is 12.2. The van der Waals surface area contributed by atoms with Gasteiger partial charge in [0.25, 0.3) is 0 Å². The van der Waals surface area contributed by atoms with E-state index in [2.05, 4.69) is 10.3 Å². The summed E-state index contributed by atoms with van der Waals surface area (Å²) in [6, 6.07) is 5.35. The zero-order chi connectivity index (χ0) is 17.1. The average Bonchev–Trinajstić information content (AvgIpc) is 3.06. The quantitative estimate of drug-likeness (QED) is 0.719. The Morgan fingerprint density at radius 3 is 2.96 bits per heavy atom. The van der Waals surface area contributed by atoms with Crippen molar-refractivity contribution in [3.8, 4) is 5.75 Å². The lowest BCUT2D eigenvalue weighted by atomic mass is 10.0. The first-order valence-electron chi connectivity index (χ1n) is 7.38. The fourth-order valence-corrected chi connectivity index (χ4v) is 3.04. The monoisotopic (exact) mass is 344 g/mol. The highest BCUT2D eigenvalue weighted by Crippen LogP contribution is 2.24. The van der Waals surface area contributed by atoms with Crippen LogP contribution in [0.25, 0.3) is 11.0 Å². The predicted octanol–water partition coefficient (Wildman–Crippen LogP) is 3.14. The van der Waals surface area contributed by atoms with E-state index in [0.717, 1.165) is 10.9 Å². The second-order valence-corrected chi connectivity index (χ2v) is 6.14. The molecule has 3 aromatic rings. The fourth-order valence-electron chi connectivity index (χ4n) is 2.50. The molecule has 0 bridgehead atoms. The van der Waals surface area contributed by atoms with Crippen LogP contribution in [0.1, 0.15) is 17.5 Å². The number of aryl methyl sites for hydroxylation is 1. The summed E-state index contributed by atoms with van der Waals surface area (Å²) in [5, 5.41) is 5.88. The van der Waals surface area contributed by atoms with Crippen LogP contribution in [0.4, 0.5) is 5.13 Å². The van der Waals surface area contributed by atoms with Crippen LogP contribution in [0.15, 0.2) is 39.0 Å². The van der Waals surface area contributed by atoms with Crippen LogP contribution in [0.5, 0.6) is 5.75 Å². The van der Waals surface area contributed by atoms with Crippen molar-refractivity contribution < 1.29 is 13.9 Å². The van der Waals surface area contributed by atoms with E-state index in [-0.39, 0.29) is 12.3 Å². The molecule has 0 radical (unpaired) electrons. The van der Waals surface area contributed by atoms with Gasteiger partial charge in [0.05, 0.1) is 7.11 Å². The van der Waals surface area contributed by atoms with Gasteiger partial charge in [0.1, 0.15) is 11.3 Å². The molecule has 1 N–H and O–H groups in total. The van der Waals surface area contributed by atoms with E-state index in [1.807, 2.05) is 19.1 Å². The number of benzene rings is 1. The number of amides is 1. The fraction of sp³-hybridized carbons (Fsp3) is 0.235. The minimum absolute atomic E-state index is 0.182. The highest BCUT2D eigenvalue weighted by Gasteiger charge is 2.14. The number of thiazole rings is 1. The molecule has 6 nitrogen and oxygen atoms in total. The van der Waals surface area contributed by atoms with E-state index in [4.69, 9.17) is 9.15 Å². The first-order chi connectivity index (χ1) is 11.6. The molecule has 2 heterocycles. The third-order valence-electron chi connectivity index (χ3n) is 3.78. The lowest BCUT2D eigenvalue weighted by Crippen LogP contribution is -2.16. The Morgan fingerprint density at radius 2 is 2.25 bits per heavy atom. The second kappa shape index (κ2) is 6.84. The average molecular weight is 344 g/mol. The second-order valence-electron chi connectivity index (χ2n) is 5.24. The van der Waals surface area contributed by atoms with Crippen molar-refractivity contribution in [1.29, 1.82) is 0 Å². The molecule has 0 spiro atoms. The van der Waals surface area contributed by atoms with Crippen molar-refractivity contribution in [3.05, 3.63) is 51.3 Å². The maximum atomic E-state index is 12.2. The van der Waals surface area contributed by atoms with Crippen molar-refractivity contribution in [1.82, 2.24) is 4.98 Å². The van der Waals surface area contributed by atoms with Crippen molar-refractivity contribution in [3.63, 3.8) is 0 Å². The highest BCUT2D eigenvalue weighted by atomic mass is 32.1. The summed E-state index contributed by atoms with van der Waals surface area (Å²) in [4.78, 5) is 28.2. The van der Waals surface area contributed by atoms with Crippen molar-refractivity contribution in [2.75, 3.05) is 12.4 Å². The smallest absolute Gasteiger partial charge is 0.339 e. The molecule has 0 aliphatic rings. The maximum Gasteiger partial charge on any atom is 0.339 e. The van der Waals surface area contributed by atoms with Gasteiger partial charge in [-0.25, -0.2) is 9.78 Å². The molecule has 1 aromatic carbocycles. The normalized spacial score (nSPS) is 10.8. The van der Waals surface area contributed by atoms with Gasteiger partial charge in [-0.2, -0.15) is 0 Å². The summed E-state index contributed by atoms with van der Waals surface area (Å²) in [7, 11) is 1.56. The minimum Gasteiger partial charge on any atom is -0.497 e. The number of anilines is 1. The summed E-state index contributed by atoms with van der Waals surface area (Å²) >= 11 is 1.35. The lowest BCUT2D eigenvalue weighted by molar-refractivity contribution is -0.116. The van der Waals surface area contributed by atoms with Crippen molar-refractivity contribution in [2.45, 2.75) is 19.8 Å². The number of nitrogens with zero attached hydrogens (tertiary/aromatic N) is 1. The molecule has 2 aromatic heterocycles. The van der Waals surface area contributed by atoms with E-state index in [1.54, 1.807) is 24.8 Å². The number of hydrogen-bond acceptors (Lipinski definition) is 6. The highest BCUT2D eigenvalue weighted by molar-refractivity contribution is 7.13. The Labute approximate surface area is 142 Å². The van der Waals surface area contributed by atoms with Gasteiger partial charge in [-0.05, 0) is 31.0 Å². The molecule has 3 rings (SSSR count). The van der Waals surface area contributed by atoms with E-state index in [0.29, 0.717) is 28.4 Å². The first-order valence-corrected chi connectivity index (χ1v) is 8.26. The number of carbonyl (C=O) groups excluding carboxylic acids is 1. The van der Waals surface area contributed by atoms with Crippen molar-refractivity contribution in [2.24, 2.45) is 0 Å². The molecule has 7 heteroatoms. The lowest BCUT2D eigenvalue weighted by Gasteiger charge is -2.08. The molecule has 0 aliphatic carbocycles. The van der Waals surface area contributed by atoms with Gasteiger partial charge >= 0.3 is 5.63 Å². The van der Waals surface area contributed by atoms with Gasteiger partial charge in [0.2, 0.25) is 5.91 Å². The van der Waals surface area contributed by atoms with E-state index < -0.39 is 5.63 Å². The Morgan fingerprint density at radius 1 is 1.42 bits per heavy atom. The van der Waals surface area contributed by atoms with Crippen LogP contribution in [0.3, 0.4) is 0 Å². The zero-order valence-electron chi connectivity index (χ0n) is 13.3. The van der Waals surface area contributed by atoms with Crippen LogP contribution in [0.2, 0.25) is 0 Å². The first kappa shape index (κ1) is 16.2. The number of aromatic nitrogens is 1. The van der Waals surface area contributed by atoms with Crippen LogP contribution >= 0.6 is 11.3 Å². The van der Waals surface area contributed by atoms with Gasteiger partial charge in [-0.15, -0.1) is 11.3 Å². The molecule has 0 aliphatic heterocycles. The van der Waals surface area contributed by atoms with Crippen molar-refractivity contribution >= 4 is 33.3 Å². The van der Waals surface area contributed by atoms with Crippen LogP contribution in [-0.2, 0) is 11.2 Å². The topological polar surface area (TPSA) is 81.4 Å². The molecule has 0 unspecified atom stereocenters. The summed E-state index contributed by atoms with van der Waals surface area (Å²) in [6.45, 7) is 1.86. The molecule has 0 atom stereocenters. The third kappa shape index (κ3) is 3.30. The van der Waals surface area contributed by atoms with Gasteiger partial charge in [0.15, 0.2) is 5.13 Å². The SMILES string of the molecule is COc1ccc2c(C)c(CCC(=O)Nc3nccs3)c(=O)oc2c1. The summed E-state index contributed by atoms with van der Waals surface area (Å²) in [5.41, 5.74) is 1.40. The number of rotatable bonds is 5. The summed E-state index contributed by atoms with van der Waals surface area (Å²) in [6.07, 6.45) is 2.12. The van der Waals surface area contributed by atoms with E-state index in [1.165, 1.54) is 11.3 Å². The molecule has 1 amide bonds. The Hall–Kier alpha value is -2.67. The van der Waals surface area contributed by atoms with Gasteiger partial charge < -0.3 is 14.5 Å². The van der Waals surface area contributed by atoms with Crippen LogP contribution < -0.4 is 15.7 Å². The third-order valence-corrected chi connectivity index (χ3v) is 4.46. The molecule has 0 saturated heterocycles. The summed E-state index contributed by atoms with van der Waals surface area (Å²) in [5.74, 6) is 0.444. The zero-order valence-corrected chi connectivity index (χ0v) is 14.1. The molecular weight excluding hydrogens is 328 g/mol. The molecule has 24 heavy (non-hydrogen) atoms. The number of nitrogens with one attached hydrogen (secondary N) is 1. The Balaban J connectivity index is 1.81. The summed E-state index contributed by atoms with van der Waals surface area (Å²) < 4.78 is 10.5. The number of ether oxygens (including phenoxy) is 1. The Kier molecular flexibility index (Phi) is 4.61. The van der Waals surface area contributed by atoms with Gasteiger partial charge in [0, 0.05) is 35.0 Å². The largest absolute Gasteiger partial charge is 0.497 e. The number of fused-ring (bicyclic) bond motifs is 1. The standard InChI is InChI=1S/C17H16N2O4S/c1-10-12-4-3-11(22-2)9-14(12)23-16(21)13(10)5-6-15(20)19-17-18-7-8-24-17/h3-4,7-9H,5-6H2,1-2H3,(H,18,19,20). The molecule has 0 fully saturated rings. The number of methoxy groups -OCH3 is 1. The molecule has 124 valence electrons. The van der Waals surface area contributed by atoms with E-state index >= 15 is 0 Å². The Bertz CT molecular complexity index is 932. The van der Waals surface area contributed by atoms with Crippen LogP contribution in [-0.4, -0.2) is 18.0 Å². The molecular formula is C17H16N2O4S. The number of hydrogen-bond donors (Lipinski definition) is 1. The van der Waals surface area contributed by atoms with Crippen LogP contribution in [0, 0.1) is 6.92 Å². The predicted molar refractivity (Wildman–Crippen MR) is 92.8 cm³/mol. The minimum atomic E-state index is -0.421. The van der Waals surface area contributed by atoms with E-state index in [9.17, 15) is 9.59 Å². The molecule has 0 saturated carbocycles. The van der Waals surface area contributed by atoms with Gasteiger partial charge in [-0.3, -0.25) is 4.79 Å². The number of carbonyl (C=O) groups is 1. The van der Waals surface area contributed by atoms with Gasteiger partial charge in [-0.1, -0.05) is 0 Å².